The number of benzene rings is 1. The molecular formula is C12H13BrIN3OS. The van der Waals surface area contributed by atoms with Crippen LogP contribution in [0.3, 0.4) is 0 Å². The molecule has 19 heavy (non-hydrogen) atoms. The molecule has 2 rings (SSSR count). The van der Waals surface area contributed by atoms with Gasteiger partial charge in [-0.1, -0.05) is 27.3 Å². The van der Waals surface area contributed by atoms with Crippen LogP contribution in [0.1, 0.15) is 5.01 Å². The molecule has 0 fully saturated rings. The summed E-state index contributed by atoms with van der Waals surface area (Å²) in [7, 11) is 1.69. The Morgan fingerprint density at radius 1 is 1.42 bits per heavy atom. The van der Waals surface area contributed by atoms with Gasteiger partial charge in [-0.3, -0.25) is 0 Å². The SMILES string of the molecule is COCCNCc1nnc(-c2cc(Br)ccc2I)s1. The summed E-state index contributed by atoms with van der Waals surface area (Å²) < 4.78 is 7.21. The lowest BCUT2D eigenvalue weighted by Gasteiger charge is -2.01. The molecule has 102 valence electrons. The summed E-state index contributed by atoms with van der Waals surface area (Å²) >= 11 is 7.42. The van der Waals surface area contributed by atoms with Gasteiger partial charge in [-0.15, -0.1) is 10.2 Å². The van der Waals surface area contributed by atoms with Crippen molar-refractivity contribution in [3.05, 3.63) is 31.2 Å². The number of hydrogen-bond donors (Lipinski definition) is 1. The van der Waals surface area contributed by atoms with Gasteiger partial charge >= 0.3 is 0 Å². The van der Waals surface area contributed by atoms with Crippen LogP contribution in [0.15, 0.2) is 22.7 Å². The quantitative estimate of drug-likeness (QED) is 0.538. The van der Waals surface area contributed by atoms with Crippen LogP contribution in [0.25, 0.3) is 10.6 Å². The zero-order valence-corrected chi connectivity index (χ0v) is 14.9. The first kappa shape index (κ1) is 15.3. The van der Waals surface area contributed by atoms with Crippen LogP contribution in [-0.2, 0) is 11.3 Å². The number of methoxy groups -OCH3 is 1. The minimum Gasteiger partial charge on any atom is -0.383 e. The Morgan fingerprint density at radius 3 is 3.05 bits per heavy atom. The third kappa shape index (κ3) is 4.45. The Morgan fingerprint density at radius 2 is 2.26 bits per heavy atom. The first-order chi connectivity index (χ1) is 9.20. The standard InChI is InChI=1S/C12H13BrIN3OS/c1-18-5-4-15-7-11-16-17-12(19-11)9-6-8(13)2-3-10(9)14/h2-3,6,15H,4-5,7H2,1H3. The molecule has 0 amide bonds. The Bertz CT molecular complexity index is 550. The van der Waals surface area contributed by atoms with E-state index in [9.17, 15) is 0 Å². The van der Waals surface area contributed by atoms with Gasteiger partial charge in [0.15, 0.2) is 0 Å². The van der Waals surface area contributed by atoms with Crippen LogP contribution in [0.4, 0.5) is 0 Å². The molecule has 0 aliphatic rings. The summed E-state index contributed by atoms with van der Waals surface area (Å²) in [5.74, 6) is 0. The molecule has 0 saturated carbocycles. The third-order valence-corrected chi connectivity index (χ3v) is 4.78. The maximum atomic E-state index is 4.98. The topological polar surface area (TPSA) is 47.0 Å². The molecular weight excluding hydrogens is 441 g/mol. The lowest BCUT2D eigenvalue weighted by molar-refractivity contribution is 0.199. The van der Waals surface area contributed by atoms with Gasteiger partial charge in [0.1, 0.15) is 10.0 Å². The molecule has 4 nitrogen and oxygen atoms in total. The molecule has 0 unspecified atom stereocenters. The van der Waals surface area contributed by atoms with Crippen LogP contribution in [0.5, 0.6) is 0 Å². The predicted molar refractivity (Wildman–Crippen MR) is 89.3 cm³/mol. The molecule has 0 aliphatic heterocycles. The minimum atomic E-state index is 0.704. The van der Waals surface area contributed by atoms with Gasteiger partial charge in [-0.05, 0) is 40.8 Å². The van der Waals surface area contributed by atoms with Crippen LogP contribution >= 0.6 is 49.9 Å². The van der Waals surface area contributed by atoms with Crippen molar-refractivity contribution in [2.24, 2.45) is 0 Å². The second-order valence-electron chi connectivity index (χ2n) is 3.79. The highest BCUT2D eigenvalue weighted by Crippen LogP contribution is 2.30. The van der Waals surface area contributed by atoms with Gasteiger partial charge in [0, 0.05) is 33.8 Å². The average Bonchev–Trinajstić information content (AvgIpc) is 2.86. The number of hydrogen-bond acceptors (Lipinski definition) is 5. The van der Waals surface area contributed by atoms with Gasteiger partial charge < -0.3 is 10.1 Å². The molecule has 1 aromatic carbocycles. The molecule has 1 heterocycles. The first-order valence-electron chi connectivity index (χ1n) is 5.68. The van der Waals surface area contributed by atoms with Gasteiger partial charge in [0.05, 0.1) is 6.61 Å². The van der Waals surface area contributed by atoms with Crippen molar-refractivity contribution in [1.29, 1.82) is 0 Å². The third-order valence-electron chi connectivity index (χ3n) is 2.38. The van der Waals surface area contributed by atoms with Crippen LogP contribution in [0, 0.1) is 3.57 Å². The average molecular weight is 454 g/mol. The van der Waals surface area contributed by atoms with Crippen molar-refractivity contribution in [3.8, 4) is 10.6 Å². The summed E-state index contributed by atoms with van der Waals surface area (Å²) in [6, 6.07) is 6.17. The van der Waals surface area contributed by atoms with Crippen molar-refractivity contribution in [2.75, 3.05) is 20.3 Å². The fourth-order valence-corrected chi connectivity index (χ4v) is 3.44. The summed E-state index contributed by atoms with van der Waals surface area (Å²) in [5, 5.41) is 13.7. The predicted octanol–water partition coefficient (Wildman–Crippen LogP) is 3.31. The van der Waals surface area contributed by atoms with Crippen LogP contribution in [-0.4, -0.2) is 30.5 Å². The summed E-state index contributed by atoms with van der Waals surface area (Å²) in [6.07, 6.45) is 0. The number of nitrogens with one attached hydrogen (secondary N) is 1. The minimum absolute atomic E-state index is 0.704. The summed E-state index contributed by atoms with van der Waals surface area (Å²) in [5.41, 5.74) is 1.12. The zero-order valence-electron chi connectivity index (χ0n) is 10.3. The van der Waals surface area contributed by atoms with E-state index in [1.165, 1.54) is 3.57 Å². The fraction of sp³-hybridized carbons (Fsp3) is 0.333. The van der Waals surface area contributed by atoms with E-state index in [0.29, 0.717) is 6.61 Å². The maximum Gasteiger partial charge on any atom is 0.148 e. The van der Waals surface area contributed by atoms with Crippen molar-refractivity contribution in [1.82, 2.24) is 15.5 Å². The molecule has 0 aliphatic carbocycles. The second-order valence-corrected chi connectivity index (χ2v) is 6.93. The van der Waals surface area contributed by atoms with E-state index in [4.69, 9.17) is 4.74 Å². The normalized spacial score (nSPS) is 10.9. The molecule has 1 aromatic heterocycles. The molecule has 7 heteroatoms. The van der Waals surface area contributed by atoms with Crippen LogP contribution < -0.4 is 5.32 Å². The summed E-state index contributed by atoms with van der Waals surface area (Å²) in [4.78, 5) is 0. The van der Waals surface area contributed by atoms with E-state index in [2.05, 4.69) is 66.2 Å². The number of nitrogens with zero attached hydrogens (tertiary/aromatic N) is 2. The van der Waals surface area contributed by atoms with Crippen molar-refractivity contribution >= 4 is 49.9 Å². The lowest BCUT2D eigenvalue weighted by Crippen LogP contribution is -2.18. The maximum absolute atomic E-state index is 4.98. The van der Waals surface area contributed by atoms with Gasteiger partial charge in [-0.2, -0.15) is 0 Å². The van der Waals surface area contributed by atoms with Crippen molar-refractivity contribution in [3.63, 3.8) is 0 Å². The molecule has 0 bridgehead atoms. The van der Waals surface area contributed by atoms with E-state index < -0.39 is 0 Å². The molecule has 2 aromatic rings. The second kappa shape index (κ2) is 7.63. The van der Waals surface area contributed by atoms with E-state index in [-0.39, 0.29) is 0 Å². The zero-order chi connectivity index (χ0) is 13.7. The molecule has 0 radical (unpaired) electrons. The van der Waals surface area contributed by atoms with Gasteiger partial charge in [0.2, 0.25) is 0 Å². The molecule has 0 atom stereocenters. The number of aromatic nitrogens is 2. The van der Waals surface area contributed by atoms with Gasteiger partial charge in [-0.25, -0.2) is 0 Å². The van der Waals surface area contributed by atoms with E-state index in [1.807, 2.05) is 6.07 Å². The smallest absolute Gasteiger partial charge is 0.148 e. The number of ether oxygens (including phenoxy) is 1. The molecule has 0 saturated heterocycles. The number of rotatable bonds is 6. The summed E-state index contributed by atoms with van der Waals surface area (Å²) in [6.45, 7) is 2.25. The molecule has 1 N–H and O–H groups in total. The highest BCUT2D eigenvalue weighted by molar-refractivity contribution is 14.1. The van der Waals surface area contributed by atoms with E-state index >= 15 is 0 Å². The van der Waals surface area contributed by atoms with Crippen molar-refractivity contribution < 1.29 is 4.74 Å². The van der Waals surface area contributed by atoms with E-state index in [1.54, 1.807) is 18.4 Å². The van der Waals surface area contributed by atoms with E-state index in [0.717, 1.165) is 33.1 Å². The molecule has 0 spiro atoms. The fourth-order valence-electron chi connectivity index (χ4n) is 1.46. The highest BCUT2D eigenvalue weighted by Gasteiger charge is 2.10. The van der Waals surface area contributed by atoms with Crippen molar-refractivity contribution in [2.45, 2.75) is 6.54 Å². The van der Waals surface area contributed by atoms with Crippen LogP contribution in [0.2, 0.25) is 0 Å². The Balaban J connectivity index is 2.06. The monoisotopic (exact) mass is 453 g/mol. The Hall–Kier alpha value is -0.0900. The lowest BCUT2D eigenvalue weighted by atomic mass is 10.2. The Kier molecular flexibility index (Phi) is 6.14. The highest BCUT2D eigenvalue weighted by atomic mass is 127. The number of halogens is 2. The van der Waals surface area contributed by atoms with Gasteiger partial charge in [0.25, 0.3) is 0 Å². The first-order valence-corrected chi connectivity index (χ1v) is 8.37. The largest absolute Gasteiger partial charge is 0.383 e. The Labute approximate surface area is 138 Å².